The number of hydrogen-bond acceptors (Lipinski definition) is 7. The van der Waals surface area contributed by atoms with Gasteiger partial charge >= 0.3 is 0 Å². The molecule has 2 N–H and O–H groups in total. The monoisotopic (exact) mass is 225 g/mol. The molecule has 0 bridgehead atoms. The predicted octanol–water partition coefficient (Wildman–Crippen LogP) is 0.787. The van der Waals surface area contributed by atoms with Gasteiger partial charge in [-0.2, -0.15) is 9.59 Å². The van der Waals surface area contributed by atoms with Crippen LogP contribution in [0.1, 0.15) is 31.4 Å². The van der Waals surface area contributed by atoms with E-state index in [-0.39, 0.29) is 0 Å². The number of hydrogen-bond donors (Lipinski definition) is 2. The first kappa shape index (κ1) is 9.97. The molecule has 0 radical (unpaired) electrons. The highest BCUT2D eigenvalue weighted by Crippen LogP contribution is 2.17. The second kappa shape index (κ2) is 4.30. The summed E-state index contributed by atoms with van der Waals surface area (Å²) in [6.45, 7) is 4.62. The van der Waals surface area contributed by atoms with Gasteiger partial charge in [-0.3, -0.25) is 0 Å². The molecule has 2 rings (SSSR count). The van der Waals surface area contributed by atoms with Crippen molar-refractivity contribution in [2.45, 2.75) is 26.3 Å². The van der Waals surface area contributed by atoms with E-state index in [1.807, 2.05) is 0 Å². The van der Waals surface area contributed by atoms with E-state index >= 15 is 0 Å². The Bertz CT molecular complexity index is 407. The quantitative estimate of drug-likeness (QED) is 0.799. The largest absolute Gasteiger partial charge is 0.353 e. The molecule has 0 saturated carbocycles. The average molecular weight is 225 g/mol. The Hall–Kier alpha value is -1.57. The first-order chi connectivity index (χ1) is 7.25. The number of tetrazole rings is 1. The maximum absolute atomic E-state index is 4.32. The van der Waals surface area contributed by atoms with Gasteiger partial charge in [0.2, 0.25) is 5.13 Å². The Morgan fingerprint density at radius 2 is 2.33 bits per heavy atom. The molecule has 2 heterocycles. The summed E-state index contributed by atoms with van der Waals surface area (Å²) in [6, 6.07) is 0. The van der Waals surface area contributed by atoms with Crippen molar-refractivity contribution in [1.29, 1.82) is 0 Å². The normalized spacial score (nSPS) is 10.9. The van der Waals surface area contributed by atoms with Crippen molar-refractivity contribution in [3.05, 3.63) is 11.6 Å². The van der Waals surface area contributed by atoms with Gasteiger partial charge in [-0.05, 0) is 0 Å². The van der Waals surface area contributed by atoms with Crippen molar-refractivity contribution in [2.75, 3.05) is 5.32 Å². The first-order valence-corrected chi connectivity index (χ1v) is 5.33. The second-order valence-electron chi connectivity index (χ2n) is 3.29. The summed E-state index contributed by atoms with van der Waals surface area (Å²) in [4.78, 5) is 4.32. The number of rotatable bonds is 4. The lowest BCUT2D eigenvalue weighted by molar-refractivity contribution is 0.798. The molecule has 0 unspecified atom stereocenters. The van der Waals surface area contributed by atoms with Crippen LogP contribution < -0.4 is 5.32 Å². The molecule has 0 amide bonds. The standard InChI is InChI=1S/C7H11N7S/c1-4(2)6-9-7(15-12-6)8-3-5-10-13-14-11-5/h4H,3H2,1-2H3,(H,8,9,12)(H,10,11,13,14). The average Bonchev–Trinajstić information content (AvgIpc) is 2.86. The molecular formula is C7H11N7S. The SMILES string of the molecule is CC(C)c1nsc(NCc2nn[nH]n2)n1. The zero-order chi connectivity index (χ0) is 10.7. The minimum atomic E-state index is 0.349. The Balaban J connectivity index is 1.94. The Morgan fingerprint density at radius 1 is 1.47 bits per heavy atom. The minimum absolute atomic E-state index is 0.349. The molecule has 7 nitrogen and oxygen atoms in total. The number of anilines is 1. The number of nitrogens with one attached hydrogen (secondary N) is 2. The zero-order valence-corrected chi connectivity index (χ0v) is 9.25. The first-order valence-electron chi connectivity index (χ1n) is 4.55. The number of nitrogens with zero attached hydrogens (tertiary/aromatic N) is 5. The van der Waals surface area contributed by atoms with Crippen LogP contribution in [0.25, 0.3) is 0 Å². The van der Waals surface area contributed by atoms with E-state index in [2.05, 4.69) is 49.1 Å². The third kappa shape index (κ3) is 2.46. The lowest BCUT2D eigenvalue weighted by Crippen LogP contribution is -2.01. The lowest BCUT2D eigenvalue weighted by atomic mass is 10.2. The molecule has 0 aliphatic rings. The van der Waals surface area contributed by atoms with Crippen molar-refractivity contribution in [1.82, 2.24) is 30.0 Å². The molecule has 8 heteroatoms. The fraction of sp³-hybridized carbons (Fsp3) is 0.571. The molecule has 15 heavy (non-hydrogen) atoms. The van der Waals surface area contributed by atoms with Gasteiger partial charge in [0.15, 0.2) is 5.82 Å². The van der Waals surface area contributed by atoms with Crippen LogP contribution in [0.15, 0.2) is 0 Å². The van der Waals surface area contributed by atoms with Gasteiger partial charge in [-0.15, -0.1) is 10.2 Å². The smallest absolute Gasteiger partial charge is 0.202 e. The molecule has 0 atom stereocenters. The van der Waals surface area contributed by atoms with Gasteiger partial charge in [-0.25, -0.2) is 4.98 Å². The molecule has 0 aliphatic heterocycles. The zero-order valence-electron chi connectivity index (χ0n) is 8.43. The van der Waals surface area contributed by atoms with Gasteiger partial charge in [0.05, 0.1) is 6.54 Å². The van der Waals surface area contributed by atoms with Crippen LogP contribution in [0, 0.1) is 0 Å². The fourth-order valence-corrected chi connectivity index (χ4v) is 1.66. The third-order valence-corrected chi connectivity index (χ3v) is 2.43. The predicted molar refractivity (Wildman–Crippen MR) is 55.5 cm³/mol. The van der Waals surface area contributed by atoms with Crippen LogP contribution in [-0.2, 0) is 6.54 Å². The van der Waals surface area contributed by atoms with Gasteiger partial charge in [0, 0.05) is 17.5 Å². The van der Waals surface area contributed by atoms with E-state index in [1.54, 1.807) is 0 Å². The van der Waals surface area contributed by atoms with E-state index in [0.29, 0.717) is 18.3 Å². The Kier molecular flexibility index (Phi) is 2.86. The Labute approximate surface area is 90.5 Å². The summed E-state index contributed by atoms with van der Waals surface area (Å²) in [5.74, 6) is 1.81. The van der Waals surface area contributed by atoms with E-state index in [0.717, 1.165) is 11.0 Å². The molecule has 0 fully saturated rings. The van der Waals surface area contributed by atoms with E-state index in [9.17, 15) is 0 Å². The highest BCUT2D eigenvalue weighted by Gasteiger charge is 2.07. The van der Waals surface area contributed by atoms with E-state index in [1.165, 1.54) is 11.5 Å². The van der Waals surface area contributed by atoms with Gasteiger partial charge in [0.25, 0.3) is 0 Å². The molecule has 0 spiro atoms. The van der Waals surface area contributed by atoms with Crippen LogP contribution in [0.3, 0.4) is 0 Å². The summed E-state index contributed by atoms with van der Waals surface area (Å²) < 4.78 is 4.22. The molecular weight excluding hydrogens is 214 g/mol. The van der Waals surface area contributed by atoms with Gasteiger partial charge in [0.1, 0.15) is 5.82 Å². The third-order valence-electron chi connectivity index (χ3n) is 1.75. The molecule has 0 aromatic carbocycles. The summed E-state index contributed by atoms with van der Waals surface area (Å²) in [6.07, 6.45) is 0. The Morgan fingerprint density at radius 3 is 2.93 bits per heavy atom. The van der Waals surface area contributed by atoms with Crippen LogP contribution in [0.4, 0.5) is 5.13 Å². The van der Waals surface area contributed by atoms with Crippen LogP contribution in [0.5, 0.6) is 0 Å². The van der Waals surface area contributed by atoms with E-state index in [4.69, 9.17) is 0 Å². The fourth-order valence-electron chi connectivity index (χ4n) is 0.953. The summed E-state index contributed by atoms with van der Waals surface area (Å²) >= 11 is 1.34. The van der Waals surface area contributed by atoms with Crippen molar-refractivity contribution in [3.63, 3.8) is 0 Å². The maximum atomic E-state index is 4.32. The van der Waals surface area contributed by atoms with Crippen LogP contribution in [-0.4, -0.2) is 30.0 Å². The van der Waals surface area contributed by atoms with E-state index < -0.39 is 0 Å². The molecule has 2 aromatic rings. The van der Waals surface area contributed by atoms with Gasteiger partial charge < -0.3 is 5.32 Å². The molecule has 80 valence electrons. The van der Waals surface area contributed by atoms with Crippen LogP contribution >= 0.6 is 11.5 Å². The highest BCUT2D eigenvalue weighted by molar-refractivity contribution is 7.09. The van der Waals surface area contributed by atoms with Crippen molar-refractivity contribution in [2.24, 2.45) is 0 Å². The minimum Gasteiger partial charge on any atom is -0.353 e. The number of aromatic amines is 1. The maximum Gasteiger partial charge on any atom is 0.202 e. The number of H-pyrrole nitrogens is 1. The topological polar surface area (TPSA) is 92.3 Å². The summed E-state index contributed by atoms with van der Waals surface area (Å²) in [5, 5.41) is 17.3. The summed E-state index contributed by atoms with van der Waals surface area (Å²) in [7, 11) is 0. The lowest BCUT2D eigenvalue weighted by Gasteiger charge is -1.96. The van der Waals surface area contributed by atoms with Crippen LogP contribution in [0.2, 0.25) is 0 Å². The van der Waals surface area contributed by atoms with Crippen molar-refractivity contribution < 1.29 is 0 Å². The second-order valence-corrected chi connectivity index (χ2v) is 4.05. The highest BCUT2D eigenvalue weighted by atomic mass is 32.1. The molecule has 0 aliphatic carbocycles. The molecule has 2 aromatic heterocycles. The molecule has 0 saturated heterocycles. The summed E-state index contributed by atoms with van der Waals surface area (Å²) in [5.41, 5.74) is 0. The van der Waals surface area contributed by atoms with Crippen molar-refractivity contribution >= 4 is 16.7 Å². The number of aromatic nitrogens is 6. The van der Waals surface area contributed by atoms with Gasteiger partial charge in [-0.1, -0.05) is 19.1 Å². The van der Waals surface area contributed by atoms with Crippen molar-refractivity contribution in [3.8, 4) is 0 Å².